The van der Waals surface area contributed by atoms with Gasteiger partial charge in [-0.1, -0.05) is 19.3 Å². The topological polar surface area (TPSA) is 60.9 Å². The smallest absolute Gasteiger partial charge is 0.323 e. The number of hydrogen-bond acceptors (Lipinski definition) is 2. The first-order chi connectivity index (χ1) is 9.65. The van der Waals surface area contributed by atoms with Crippen molar-refractivity contribution in [3.8, 4) is 0 Å². The maximum atomic E-state index is 12.6. The van der Waals surface area contributed by atoms with Crippen LogP contribution in [0.2, 0.25) is 0 Å². The molecule has 1 heterocycles. The Labute approximate surface area is 119 Å². The lowest BCUT2D eigenvalue weighted by Gasteiger charge is -2.42. The summed E-state index contributed by atoms with van der Waals surface area (Å²) in [7, 11) is 0. The van der Waals surface area contributed by atoms with Crippen molar-refractivity contribution >= 4 is 12.0 Å². The van der Waals surface area contributed by atoms with Gasteiger partial charge in [-0.3, -0.25) is 4.79 Å². The summed E-state index contributed by atoms with van der Waals surface area (Å²) >= 11 is 0. The van der Waals surface area contributed by atoms with E-state index in [1.807, 2.05) is 4.90 Å². The van der Waals surface area contributed by atoms with Crippen molar-refractivity contribution < 1.29 is 14.7 Å². The highest BCUT2D eigenvalue weighted by molar-refractivity contribution is 5.81. The van der Waals surface area contributed by atoms with Gasteiger partial charge in [0.25, 0.3) is 0 Å². The number of piperidine rings is 1. The Hall–Kier alpha value is -1.26. The number of carbonyl (C=O) groups excluding carboxylic acids is 1. The van der Waals surface area contributed by atoms with E-state index in [-0.39, 0.29) is 18.6 Å². The molecule has 20 heavy (non-hydrogen) atoms. The molecule has 112 valence electrons. The molecule has 3 fully saturated rings. The second-order valence-electron chi connectivity index (χ2n) is 6.57. The van der Waals surface area contributed by atoms with Crippen LogP contribution in [0.25, 0.3) is 0 Å². The van der Waals surface area contributed by atoms with Crippen LogP contribution >= 0.6 is 0 Å². The zero-order valence-electron chi connectivity index (χ0n) is 12.0. The lowest BCUT2D eigenvalue weighted by atomic mass is 9.75. The molecule has 0 bridgehead atoms. The van der Waals surface area contributed by atoms with E-state index in [1.54, 1.807) is 4.90 Å². The quantitative estimate of drug-likeness (QED) is 0.862. The van der Waals surface area contributed by atoms with Crippen LogP contribution in [0.1, 0.15) is 44.9 Å². The molecule has 0 aromatic rings. The molecule has 1 N–H and O–H groups in total. The SMILES string of the molecule is O=C(O)CN(C(=O)N1CCC2CCCCC2C1)C1CC1. The number of nitrogens with zero attached hydrogens (tertiary/aromatic N) is 2. The van der Waals surface area contributed by atoms with Crippen LogP contribution in [0.5, 0.6) is 0 Å². The Bertz CT molecular complexity index is 395. The van der Waals surface area contributed by atoms with Gasteiger partial charge in [-0.25, -0.2) is 4.79 Å². The lowest BCUT2D eigenvalue weighted by Crippen LogP contribution is -2.51. The average molecular weight is 280 g/mol. The number of urea groups is 1. The second kappa shape index (κ2) is 5.62. The molecule has 2 aliphatic carbocycles. The second-order valence-corrected chi connectivity index (χ2v) is 6.57. The number of carboxylic acid groups (broad SMARTS) is 1. The van der Waals surface area contributed by atoms with Gasteiger partial charge >= 0.3 is 12.0 Å². The normalized spacial score (nSPS) is 29.7. The van der Waals surface area contributed by atoms with Crippen molar-refractivity contribution in [2.24, 2.45) is 11.8 Å². The number of aliphatic carboxylic acids is 1. The molecule has 0 aromatic heterocycles. The summed E-state index contributed by atoms with van der Waals surface area (Å²) in [5, 5.41) is 8.98. The van der Waals surface area contributed by atoms with E-state index < -0.39 is 5.97 Å². The van der Waals surface area contributed by atoms with Gasteiger partial charge in [-0.2, -0.15) is 0 Å². The van der Waals surface area contributed by atoms with Gasteiger partial charge in [0.15, 0.2) is 0 Å². The fourth-order valence-corrected chi connectivity index (χ4v) is 3.84. The molecule has 0 aromatic carbocycles. The largest absolute Gasteiger partial charge is 0.480 e. The van der Waals surface area contributed by atoms with Crippen LogP contribution in [0.15, 0.2) is 0 Å². The number of rotatable bonds is 3. The molecule has 3 rings (SSSR count). The third kappa shape index (κ3) is 2.91. The molecule has 2 unspecified atom stereocenters. The van der Waals surface area contributed by atoms with E-state index in [0.717, 1.165) is 38.3 Å². The van der Waals surface area contributed by atoms with Crippen LogP contribution in [0, 0.1) is 11.8 Å². The maximum absolute atomic E-state index is 12.6. The van der Waals surface area contributed by atoms with Crippen LogP contribution in [0.3, 0.4) is 0 Å². The molecule has 0 radical (unpaired) electrons. The minimum absolute atomic E-state index is 0.0427. The number of fused-ring (bicyclic) bond motifs is 1. The monoisotopic (exact) mass is 280 g/mol. The van der Waals surface area contributed by atoms with Gasteiger partial charge in [0.2, 0.25) is 0 Å². The van der Waals surface area contributed by atoms with E-state index in [0.29, 0.717) is 5.92 Å². The zero-order valence-corrected chi connectivity index (χ0v) is 12.0. The summed E-state index contributed by atoms with van der Waals surface area (Å²) in [5.74, 6) is 0.534. The van der Waals surface area contributed by atoms with Crippen LogP contribution < -0.4 is 0 Å². The Balaban J connectivity index is 1.62. The predicted molar refractivity (Wildman–Crippen MR) is 74.4 cm³/mol. The van der Waals surface area contributed by atoms with Crippen LogP contribution in [0.4, 0.5) is 4.79 Å². The van der Waals surface area contributed by atoms with E-state index in [1.165, 1.54) is 25.7 Å². The molecule has 2 saturated carbocycles. The molecule has 1 saturated heterocycles. The predicted octanol–water partition coefficient (Wildman–Crippen LogP) is 2.17. The summed E-state index contributed by atoms with van der Waals surface area (Å²) < 4.78 is 0. The van der Waals surface area contributed by atoms with E-state index in [2.05, 4.69) is 0 Å². The molecule has 0 spiro atoms. The summed E-state index contributed by atoms with van der Waals surface area (Å²) in [6, 6.07) is 0.126. The Morgan fingerprint density at radius 3 is 2.40 bits per heavy atom. The summed E-state index contributed by atoms with van der Waals surface area (Å²) in [6.45, 7) is 1.50. The first kappa shape index (κ1) is 13.7. The van der Waals surface area contributed by atoms with Crippen molar-refractivity contribution in [1.82, 2.24) is 9.80 Å². The minimum Gasteiger partial charge on any atom is -0.480 e. The van der Waals surface area contributed by atoms with Crippen molar-refractivity contribution in [3.05, 3.63) is 0 Å². The Morgan fingerprint density at radius 2 is 1.75 bits per heavy atom. The fourth-order valence-electron chi connectivity index (χ4n) is 3.84. The molecule has 2 amide bonds. The van der Waals surface area contributed by atoms with E-state index in [4.69, 9.17) is 5.11 Å². The van der Waals surface area contributed by atoms with Gasteiger partial charge in [0.05, 0.1) is 0 Å². The summed E-state index contributed by atoms with van der Waals surface area (Å²) in [4.78, 5) is 27.0. The molecular weight excluding hydrogens is 256 g/mol. The summed E-state index contributed by atoms with van der Waals surface area (Å²) in [6.07, 6.45) is 8.18. The molecule has 5 nitrogen and oxygen atoms in total. The molecule has 2 atom stereocenters. The third-order valence-corrected chi connectivity index (χ3v) is 5.10. The van der Waals surface area contributed by atoms with Crippen molar-refractivity contribution in [3.63, 3.8) is 0 Å². The number of hydrogen-bond donors (Lipinski definition) is 1. The summed E-state index contributed by atoms with van der Waals surface area (Å²) in [5.41, 5.74) is 0. The molecule has 3 aliphatic rings. The third-order valence-electron chi connectivity index (χ3n) is 5.10. The fraction of sp³-hybridized carbons (Fsp3) is 0.867. The highest BCUT2D eigenvalue weighted by Gasteiger charge is 2.39. The number of carbonyl (C=O) groups is 2. The standard InChI is InChI=1S/C15H24N2O3/c18-14(19)10-17(13-5-6-13)15(20)16-8-7-11-3-1-2-4-12(11)9-16/h11-13H,1-10H2,(H,18,19). The maximum Gasteiger partial charge on any atom is 0.323 e. The highest BCUT2D eigenvalue weighted by Crippen LogP contribution is 2.37. The number of likely N-dealkylation sites (tertiary alicyclic amines) is 1. The van der Waals surface area contributed by atoms with Crippen molar-refractivity contribution in [2.75, 3.05) is 19.6 Å². The first-order valence-electron chi connectivity index (χ1n) is 7.92. The van der Waals surface area contributed by atoms with E-state index >= 15 is 0 Å². The molecule has 1 aliphatic heterocycles. The van der Waals surface area contributed by atoms with Gasteiger partial charge in [-0.05, 0) is 37.5 Å². The van der Waals surface area contributed by atoms with Crippen LogP contribution in [-0.2, 0) is 4.79 Å². The zero-order chi connectivity index (χ0) is 14.1. The van der Waals surface area contributed by atoms with E-state index in [9.17, 15) is 9.59 Å². The Morgan fingerprint density at radius 1 is 1.05 bits per heavy atom. The minimum atomic E-state index is -0.905. The Kier molecular flexibility index (Phi) is 3.85. The molecule has 5 heteroatoms. The first-order valence-corrected chi connectivity index (χ1v) is 7.92. The molecular formula is C15H24N2O3. The van der Waals surface area contributed by atoms with Gasteiger partial charge in [-0.15, -0.1) is 0 Å². The van der Waals surface area contributed by atoms with Gasteiger partial charge in [0, 0.05) is 19.1 Å². The number of carboxylic acids is 1. The highest BCUT2D eigenvalue weighted by atomic mass is 16.4. The number of amides is 2. The average Bonchev–Trinajstić information content (AvgIpc) is 3.28. The van der Waals surface area contributed by atoms with Crippen molar-refractivity contribution in [2.45, 2.75) is 51.0 Å². The van der Waals surface area contributed by atoms with Gasteiger partial charge < -0.3 is 14.9 Å². The van der Waals surface area contributed by atoms with Gasteiger partial charge in [0.1, 0.15) is 6.54 Å². The lowest BCUT2D eigenvalue weighted by molar-refractivity contribution is -0.137. The van der Waals surface area contributed by atoms with Crippen LogP contribution in [-0.4, -0.2) is 52.6 Å². The van der Waals surface area contributed by atoms with Crippen molar-refractivity contribution in [1.29, 1.82) is 0 Å².